The zero-order chi connectivity index (χ0) is 14.3. The van der Waals surface area contributed by atoms with Crippen molar-refractivity contribution >= 4 is 45.0 Å². The molecule has 3 rings (SSSR count). The van der Waals surface area contributed by atoms with Gasteiger partial charge in [-0.3, -0.25) is 0 Å². The van der Waals surface area contributed by atoms with E-state index in [-0.39, 0.29) is 0 Å². The SMILES string of the molecule is CC(C)C1=Nn2c(nnc2-c2cc(Cl)ccc2Br)SC1. The molecule has 0 aliphatic carbocycles. The summed E-state index contributed by atoms with van der Waals surface area (Å²) in [5.41, 5.74) is 2.03. The molecule has 1 aliphatic rings. The number of halogens is 2. The molecule has 0 bridgehead atoms. The summed E-state index contributed by atoms with van der Waals surface area (Å²) in [7, 11) is 0. The lowest BCUT2D eigenvalue weighted by Crippen LogP contribution is -2.17. The van der Waals surface area contributed by atoms with Crippen LogP contribution in [0.2, 0.25) is 5.02 Å². The highest BCUT2D eigenvalue weighted by Gasteiger charge is 2.22. The first kappa shape index (κ1) is 14.1. The van der Waals surface area contributed by atoms with Crippen molar-refractivity contribution in [1.29, 1.82) is 0 Å². The maximum absolute atomic E-state index is 6.08. The highest BCUT2D eigenvalue weighted by molar-refractivity contribution is 9.10. The minimum absolute atomic E-state index is 0.411. The van der Waals surface area contributed by atoms with Crippen LogP contribution < -0.4 is 0 Å². The number of aromatic nitrogens is 3. The lowest BCUT2D eigenvalue weighted by molar-refractivity contribution is 0.736. The molecule has 0 N–H and O–H groups in total. The third kappa shape index (κ3) is 2.52. The minimum atomic E-state index is 0.411. The smallest absolute Gasteiger partial charge is 0.187 e. The van der Waals surface area contributed by atoms with Crippen LogP contribution in [0.3, 0.4) is 0 Å². The Balaban J connectivity index is 2.14. The molecule has 1 aromatic heterocycles. The van der Waals surface area contributed by atoms with Crippen LogP contribution >= 0.6 is 39.3 Å². The average Bonchev–Trinajstić information content (AvgIpc) is 2.84. The van der Waals surface area contributed by atoms with E-state index in [9.17, 15) is 0 Å². The molecule has 104 valence electrons. The largest absolute Gasteiger partial charge is 0.212 e. The highest BCUT2D eigenvalue weighted by atomic mass is 79.9. The van der Waals surface area contributed by atoms with Gasteiger partial charge < -0.3 is 0 Å². The fourth-order valence-corrected chi connectivity index (χ4v) is 3.47. The van der Waals surface area contributed by atoms with Crippen molar-refractivity contribution in [3.8, 4) is 11.4 Å². The molecule has 0 amide bonds. The Labute approximate surface area is 134 Å². The van der Waals surface area contributed by atoms with Gasteiger partial charge in [0.25, 0.3) is 0 Å². The van der Waals surface area contributed by atoms with Gasteiger partial charge in [0.15, 0.2) is 5.82 Å². The summed E-state index contributed by atoms with van der Waals surface area (Å²) in [4.78, 5) is 0. The van der Waals surface area contributed by atoms with Gasteiger partial charge in [-0.1, -0.05) is 53.1 Å². The van der Waals surface area contributed by atoms with Gasteiger partial charge >= 0.3 is 0 Å². The van der Waals surface area contributed by atoms with E-state index in [4.69, 9.17) is 11.6 Å². The first-order valence-corrected chi connectivity index (χ1v) is 8.33. The van der Waals surface area contributed by atoms with Gasteiger partial charge in [-0.2, -0.15) is 9.78 Å². The second-order valence-corrected chi connectivity index (χ2v) is 7.01. The second-order valence-electron chi connectivity index (χ2n) is 4.78. The van der Waals surface area contributed by atoms with Crippen molar-refractivity contribution in [1.82, 2.24) is 14.9 Å². The van der Waals surface area contributed by atoms with Crippen molar-refractivity contribution in [2.75, 3.05) is 5.75 Å². The van der Waals surface area contributed by atoms with Gasteiger partial charge in [-0.25, -0.2) is 0 Å². The average molecular weight is 372 g/mol. The zero-order valence-electron chi connectivity index (χ0n) is 11.0. The maximum atomic E-state index is 6.08. The quantitative estimate of drug-likeness (QED) is 0.789. The van der Waals surface area contributed by atoms with E-state index in [1.54, 1.807) is 16.4 Å². The number of benzene rings is 1. The topological polar surface area (TPSA) is 43.1 Å². The monoisotopic (exact) mass is 370 g/mol. The van der Waals surface area contributed by atoms with Gasteiger partial charge in [-0.05, 0) is 24.1 Å². The summed E-state index contributed by atoms with van der Waals surface area (Å²) < 4.78 is 2.73. The van der Waals surface area contributed by atoms with Crippen molar-refractivity contribution in [3.63, 3.8) is 0 Å². The summed E-state index contributed by atoms with van der Waals surface area (Å²) in [6.45, 7) is 4.29. The summed E-state index contributed by atoms with van der Waals surface area (Å²) in [6, 6.07) is 5.61. The van der Waals surface area contributed by atoms with Crippen molar-refractivity contribution in [2.24, 2.45) is 11.0 Å². The molecular formula is C13H12BrClN4S. The van der Waals surface area contributed by atoms with Crippen LogP contribution in [0.15, 0.2) is 32.9 Å². The molecule has 2 aromatic rings. The standard InChI is InChI=1S/C13H12BrClN4S/c1-7(2)11-6-20-13-17-16-12(19(13)18-11)9-5-8(15)3-4-10(9)14/h3-5,7H,6H2,1-2H3. The molecule has 7 heteroatoms. The molecule has 20 heavy (non-hydrogen) atoms. The van der Waals surface area contributed by atoms with Gasteiger partial charge in [0.1, 0.15) is 0 Å². The number of hydrogen-bond acceptors (Lipinski definition) is 4. The van der Waals surface area contributed by atoms with E-state index in [2.05, 4.69) is 45.1 Å². The molecule has 0 fully saturated rings. The predicted molar refractivity (Wildman–Crippen MR) is 86.6 cm³/mol. The number of hydrogen-bond donors (Lipinski definition) is 0. The van der Waals surface area contributed by atoms with Crippen LogP contribution in [0.5, 0.6) is 0 Å². The van der Waals surface area contributed by atoms with Gasteiger partial charge in [-0.15, -0.1) is 10.2 Å². The molecule has 0 spiro atoms. The van der Waals surface area contributed by atoms with Gasteiger partial charge in [0, 0.05) is 20.8 Å². The molecule has 0 atom stereocenters. The first-order chi connectivity index (χ1) is 9.56. The molecule has 2 heterocycles. The number of fused-ring (bicyclic) bond motifs is 1. The van der Waals surface area contributed by atoms with Crippen molar-refractivity contribution in [3.05, 3.63) is 27.7 Å². The highest BCUT2D eigenvalue weighted by Crippen LogP contribution is 2.33. The van der Waals surface area contributed by atoms with E-state index in [1.165, 1.54) is 0 Å². The lowest BCUT2D eigenvalue weighted by Gasteiger charge is -2.16. The van der Waals surface area contributed by atoms with Gasteiger partial charge in [0.05, 0.1) is 5.71 Å². The van der Waals surface area contributed by atoms with Crippen LogP contribution in [-0.4, -0.2) is 26.3 Å². The molecule has 0 saturated heterocycles. The molecule has 0 radical (unpaired) electrons. The van der Waals surface area contributed by atoms with Crippen LogP contribution in [0.4, 0.5) is 0 Å². The molecule has 1 aliphatic heterocycles. The molecule has 0 saturated carbocycles. The van der Waals surface area contributed by atoms with E-state index in [1.807, 2.05) is 18.2 Å². The van der Waals surface area contributed by atoms with Crippen LogP contribution in [0.25, 0.3) is 11.4 Å². The Morgan fingerprint density at radius 1 is 1.35 bits per heavy atom. The van der Waals surface area contributed by atoms with Crippen LogP contribution in [0.1, 0.15) is 13.8 Å². The fraction of sp³-hybridized carbons (Fsp3) is 0.308. The Kier molecular flexibility index (Phi) is 3.88. The summed E-state index contributed by atoms with van der Waals surface area (Å²) in [6.07, 6.45) is 0. The van der Waals surface area contributed by atoms with E-state index in [0.29, 0.717) is 16.8 Å². The van der Waals surface area contributed by atoms with Gasteiger partial charge in [0.2, 0.25) is 5.16 Å². The number of rotatable bonds is 2. The third-order valence-corrected chi connectivity index (χ3v) is 4.90. The Morgan fingerprint density at radius 3 is 2.90 bits per heavy atom. The zero-order valence-corrected chi connectivity index (χ0v) is 14.1. The van der Waals surface area contributed by atoms with Crippen LogP contribution in [-0.2, 0) is 0 Å². The summed E-state index contributed by atoms with van der Waals surface area (Å²) in [5.74, 6) is 1.99. The van der Waals surface area contributed by atoms with Crippen molar-refractivity contribution in [2.45, 2.75) is 19.0 Å². The predicted octanol–water partition coefficient (Wildman–Crippen LogP) is 4.33. The van der Waals surface area contributed by atoms with E-state index < -0.39 is 0 Å². The molecular weight excluding hydrogens is 360 g/mol. The fourth-order valence-electron chi connectivity index (χ4n) is 1.86. The number of nitrogens with zero attached hydrogens (tertiary/aromatic N) is 4. The minimum Gasteiger partial charge on any atom is -0.187 e. The normalized spacial score (nSPS) is 14.3. The molecule has 4 nitrogen and oxygen atoms in total. The van der Waals surface area contributed by atoms with Crippen molar-refractivity contribution < 1.29 is 0 Å². The Bertz CT molecular complexity index is 696. The lowest BCUT2D eigenvalue weighted by atomic mass is 10.1. The summed E-state index contributed by atoms with van der Waals surface area (Å²) in [5, 5.41) is 14.6. The molecule has 0 unspecified atom stereocenters. The maximum Gasteiger partial charge on any atom is 0.212 e. The first-order valence-electron chi connectivity index (χ1n) is 6.17. The van der Waals surface area contributed by atoms with E-state index in [0.717, 1.165) is 26.7 Å². The van der Waals surface area contributed by atoms with Crippen LogP contribution in [0, 0.1) is 5.92 Å². The third-order valence-electron chi connectivity index (χ3n) is 3.03. The Hall–Kier alpha value is -0.850. The second kappa shape index (κ2) is 5.50. The summed E-state index contributed by atoms with van der Waals surface area (Å²) >= 11 is 11.3. The number of thioether (sulfide) groups is 1. The molecule has 1 aromatic carbocycles. The van der Waals surface area contributed by atoms with E-state index >= 15 is 0 Å². The Morgan fingerprint density at radius 2 is 2.15 bits per heavy atom.